The van der Waals surface area contributed by atoms with Crippen molar-refractivity contribution in [2.24, 2.45) is 0 Å². The summed E-state index contributed by atoms with van der Waals surface area (Å²) in [5.41, 5.74) is 0. The van der Waals surface area contributed by atoms with Crippen LogP contribution < -0.4 is 5.32 Å². The first-order chi connectivity index (χ1) is 27.8. The van der Waals surface area contributed by atoms with Crippen molar-refractivity contribution in [1.82, 2.24) is 5.32 Å². The van der Waals surface area contributed by atoms with E-state index in [2.05, 4.69) is 19.2 Å². The van der Waals surface area contributed by atoms with Crippen LogP contribution >= 0.6 is 0 Å². The van der Waals surface area contributed by atoms with Gasteiger partial charge in [0.15, 0.2) is 6.29 Å². The molecular formula is C48H95NO8. The number of carbonyl (C=O) groups excluding carboxylic acids is 1. The predicted molar refractivity (Wildman–Crippen MR) is 235 cm³/mol. The van der Waals surface area contributed by atoms with Gasteiger partial charge < -0.3 is 40.3 Å². The van der Waals surface area contributed by atoms with Gasteiger partial charge in [-0.3, -0.25) is 4.79 Å². The number of rotatable bonds is 42. The van der Waals surface area contributed by atoms with Gasteiger partial charge in [0.05, 0.1) is 25.4 Å². The van der Waals surface area contributed by atoms with E-state index in [4.69, 9.17) is 9.47 Å². The second-order valence-corrected chi connectivity index (χ2v) is 17.6. The van der Waals surface area contributed by atoms with Gasteiger partial charge in [-0.05, 0) is 12.8 Å². The van der Waals surface area contributed by atoms with Crippen molar-refractivity contribution in [2.45, 2.75) is 288 Å². The molecule has 1 aliphatic rings. The molecule has 0 aromatic carbocycles. The summed E-state index contributed by atoms with van der Waals surface area (Å²) in [4.78, 5) is 13.0. The highest BCUT2D eigenvalue weighted by molar-refractivity contribution is 5.76. The standard InChI is InChI=1S/C48H95NO8/c1-3-5-7-9-11-13-15-17-19-20-21-22-23-24-26-28-30-32-34-36-38-44(52)49-41(40-56-48-47(55)46(54)45(53)43(39-50)57-48)42(51)37-35-33-31-29-27-25-18-16-14-12-10-8-6-4-2/h41-43,45-48,50-51,53-55H,3-40H2,1-2H3,(H,49,52)/t41-,42+,43-,45-,46?,47?,48-/m0/s1. The number of hydrogen-bond acceptors (Lipinski definition) is 8. The Morgan fingerprint density at radius 3 is 1.25 bits per heavy atom. The molecule has 57 heavy (non-hydrogen) atoms. The van der Waals surface area contributed by atoms with Crippen LogP contribution in [0.15, 0.2) is 0 Å². The van der Waals surface area contributed by atoms with E-state index >= 15 is 0 Å². The number of amides is 1. The summed E-state index contributed by atoms with van der Waals surface area (Å²) in [5.74, 6) is -0.139. The number of carbonyl (C=O) groups is 1. The molecule has 1 amide bonds. The first-order valence-corrected chi connectivity index (χ1v) is 24.7. The lowest BCUT2D eigenvalue weighted by Crippen LogP contribution is -2.60. The van der Waals surface area contributed by atoms with Gasteiger partial charge >= 0.3 is 0 Å². The third-order valence-corrected chi connectivity index (χ3v) is 12.2. The average molecular weight is 814 g/mol. The van der Waals surface area contributed by atoms with Crippen molar-refractivity contribution < 1.29 is 39.8 Å². The summed E-state index contributed by atoms with van der Waals surface area (Å²) < 4.78 is 11.3. The Balaban J connectivity index is 2.26. The molecule has 1 fully saturated rings. The molecule has 0 aliphatic carbocycles. The van der Waals surface area contributed by atoms with Crippen LogP contribution in [-0.4, -0.2) is 87.5 Å². The zero-order chi connectivity index (χ0) is 41.6. The van der Waals surface area contributed by atoms with E-state index in [0.29, 0.717) is 12.8 Å². The van der Waals surface area contributed by atoms with Gasteiger partial charge in [0.2, 0.25) is 5.91 Å². The Hall–Kier alpha value is -0.810. The molecular weight excluding hydrogens is 719 g/mol. The van der Waals surface area contributed by atoms with Crippen molar-refractivity contribution in [3.05, 3.63) is 0 Å². The third-order valence-electron chi connectivity index (χ3n) is 12.2. The van der Waals surface area contributed by atoms with Gasteiger partial charge in [-0.2, -0.15) is 0 Å². The minimum atomic E-state index is -1.55. The Kier molecular flexibility index (Phi) is 37.4. The van der Waals surface area contributed by atoms with Crippen LogP contribution in [0.25, 0.3) is 0 Å². The number of aliphatic hydroxyl groups excluding tert-OH is 5. The summed E-state index contributed by atoms with van der Waals surface area (Å²) in [6, 6.07) is -0.711. The molecule has 0 aromatic rings. The molecule has 0 bridgehead atoms. The fraction of sp³-hybridized carbons (Fsp3) is 0.979. The Morgan fingerprint density at radius 1 is 0.526 bits per heavy atom. The molecule has 1 aliphatic heterocycles. The quantitative estimate of drug-likeness (QED) is 0.0334. The largest absolute Gasteiger partial charge is 0.394 e. The van der Waals surface area contributed by atoms with Crippen molar-refractivity contribution in [1.29, 1.82) is 0 Å². The van der Waals surface area contributed by atoms with E-state index in [9.17, 15) is 30.3 Å². The smallest absolute Gasteiger partial charge is 0.220 e. The summed E-state index contributed by atoms with van der Waals surface area (Å²) >= 11 is 0. The monoisotopic (exact) mass is 814 g/mol. The van der Waals surface area contributed by atoms with Crippen LogP contribution in [0.1, 0.15) is 245 Å². The lowest BCUT2D eigenvalue weighted by molar-refractivity contribution is -0.302. The number of hydrogen-bond donors (Lipinski definition) is 6. The van der Waals surface area contributed by atoms with Crippen LogP contribution in [0, 0.1) is 0 Å². The van der Waals surface area contributed by atoms with Crippen LogP contribution in [0.3, 0.4) is 0 Å². The second-order valence-electron chi connectivity index (χ2n) is 17.6. The first kappa shape index (κ1) is 54.2. The third kappa shape index (κ3) is 30.0. The molecule has 340 valence electrons. The molecule has 9 heteroatoms. The van der Waals surface area contributed by atoms with Crippen molar-refractivity contribution in [3.63, 3.8) is 0 Å². The summed E-state index contributed by atoms with van der Waals surface area (Å²) in [6.07, 6.45) is 36.8. The maximum absolute atomic E-state index is 13.0. The summed E-state index contributed by atoms with van der Waals surface area (Å²) in [5, 5.41) is 54.4. The molecule has 6 N–H and O–H groups in total. The second kappa shape index (κ2) is 39.3. The highest BCUT2D eigenvalue weighted by Gasteiger charge is 2.44. The van der Waals surface area contributed by atoms with E-state index in [1.165, 1.54) is 180 Å². The van der Waals surface area contributed by atoms with Crippen molar-refractivity contribution >= 4 is 5.91 Å². The highest BCUT2D eigenvalue weighted by Crippen LogP contribution is 2.23. The first-order valence-electron chi connectivity index (χ1n) is 24.7. The summed E-state index contributed by atoms with van der Waals surface area (Å²) in [7, 11) is 0. The fourth-order valence-corrected chi connectivity index (χ4v) is 8.22. The van der Waals surface area contributed by atoms with Gasteiger partial charge in [-0.15, -0.1) is 0 Å². The van der Waals surface area contributed by atoms with Gasteiger partial charge in [-0.25, -0.2) is 0 Å². The molecule has 7 atom stereocenters. The van der Waals surface area contributed by atoms with E-state index in [-0.39, 0.29) is 12.5 Å². The molecule has 0 radical (unpaired) electrons. The number of ether oxygens (including phenoxy) is 2. The maximum atomic E-state index is 13.0. The molecule has 0 saturated carbocycles. The Labute approximate surface area is 351 Å². The minimum absolute atomic E-state index is 0.131. The molecule has 1 heterocycles. The van der Waals surface area contributed by atoms with Crippen molar-refractivity contribution in [3.8, 4) is 0 Å². The number of aliphatic hydroxyl groups is 5. The molecule has 1 saturated heterocycles. The SMILES string of the molecule is CCCCCCCCCCCCCCCCCCCCCCC(=O)N[C@@H](CO[C@H]1O[C@@H](CO)[C@H](O)C(O)C1O)[C@H](O)CCCCCCCCCCCCCCCC. The molecule has 0 aromatic heterocycles. The van der Waals surface area contributed by atoms with E-state index in [1.807, 2.05) is 0 Å². The lowest BCUT2D eigenvalue weighted by atomic mass is 9.99. The van der Waals surface area contributed by atoms with Gasteiger partial charge in [0.1, 0.15) is 24.4 Å². The Bertz CT molecular complexity index is 862. The zero-order valence-corrected chi connectivity index (χ0v) is 37.4. The fourth-order valence-electron chi connectivity index (χ4n) is 8.22. The van der Waals surface area contributed by atoms with E-state index < -0.39 is 49.5 Å². The summed E-state index contributed by atoms with van der Waals surface area (Å²) in [6.45, 7) is 3.86. The Morgan fingerprint density at radius 2 is 0.877 bits per heavy atom. The van der Waals surface area contributed by atoms with Gasteiger partial charge in [0.25, 0.3) is 0 Å². The van der Waals surface area contributed by atoms with E-state index in [0.717, 1.165) is 38.5 Å². The topological polar surface area (TPSA) is 149 Å². The molecule has 0 spiro atoms. The normalized spacial score (nSPS) is 20.9. The average Bonchev–Trinajstić information content (AvgIpc) is 3.21. The van der Waals surface area contributed by atoms with Crippen LogP contribution in [0.4, 0.5) is 0 Å². The van der Waals surface area contributed by atoms with Gasteiger partial charge in [-0.1, -0.05) is 226 Å². The minimum Gasteiger partial charge on any atom is -0.394 e. The maximum Gasteiger partial charge on any atom is 0.220 e. The number of unbranched alkanes of at least 4 members (excludes halogenated alkanes) is 32. The van der Waals surface area contributed by atoms with Crippen LogP contribution in [0.5, 0.6) is 0 Å². The molecule has 2 unspecified atom stereocenters. The van der Waals surface area contributed by atoms with Crippen molar-refractivity contribution in [2.75, 3.05) is 13.2 Å². The molecule has 1 rings (SSSR count). The number of nitrogens with one attached hydrogen (secondary N) is 1. The van der Waals surface area contributed by atoms with Gasteiger partial charge in [0, 0.05) is 6.42 Å². The zero-order valence-electron chi connectivity index (χ0n) is 37.4. The molecule has 9 nitrogen and oxygen atoms in total. The lowest BCUT2D eigenvalue weighted by Gasteiger charge is -2.40. The van der Waals surface area contributed by atoms with Crippen LogP contribution in [0.2, 0.25) is 0 Å². The van der Waals surface area contributed by atoms with Crippen LogP contribution in [-0.2, 0) is 14.3 Å². The predicted octanol–water partition coefficient (Wildman–Crippen LogP) is 10.7. The van der Waals surface area contributed by atoms with E-state index in [1.54, 1.807) is 0 Å². The highest BCUT2D eigenvalue weighted by atomic mass is 16.7.